The van der Waals surface area contributed by atoms with E-state index in [2.05, 4.69) is 11.4 Å². The Morgan fingerprint density at radius 1 is 1.44 bits per heavy atom. The number of aliphatic imine (C=N–C) groups is 1. The summed E-state index contributed by atoms with van der Waals surface area (Å²) in [6, 6.07) is 5.58. The number of hydrogen-bond acceptors (Lipinski definition) is 3. The first-order valence-corrected chi connectivity index (χ1v) is 5.64. The van der Waals surface area contributed by atoms with E-state index in [-0.39, 0.29) is 6.04 Å². The van der Waals surface area contributed by atoms with Crippen LogP contribution in [0.4, 0.5) is 5.69 Å². The monoisotopic (exact) mass is 257 g/mol. The van der Waals surface area contributed by atoms with Gasteiger partial charge in [-0.05, 0) is 18.2 Å². The molecule has 0 amide bonds. The van der Waals surface area contributed by atoms with E-state index >= 15 is 0 Å². The molecule has 1 radical (unpaired) electrons. The van der Waals surface area contributed by atoms with Gasteiger partial charge < -0.3 is 9.64 Å². The average molecular weight is 258 g/mol. The lowest BCUT2D eigenvalue weighted by molar-refractivity contribution is 0.329. The van der Waals surface area contributed by atoms with E-state index in [0.717, 1.165) is 12.2 Å². The minimum absolute atomic E-state index is 0.128. The van der Waals surface area contributed by atoms with Gasteiger partial charge in [0, 0.05) is 29.3 Å². The maximum Gasteiger partial charge on any atom is 0.273 e. The summed E-state index contributed by atoms with van der Waals surface area (Å²) in [6.07, 6.45) is 2.50. The fourth-order valence-electron chi connectivity index (χ4n) is 1.56. The van der Waals surface area contributed by atoms with Crippen molar-refractivity contribution in [3.63, 3.8) is 0 Å². The van der Waals surface area contributed by atoms with E-state index in [4.69, 9.17) is 27.9 Å². The van der Waals surface area contributed by atoms with Crippen LogP contribution in [0.5, 0.6) is 0 Å². The summed E-state index contributed by atoms with van der Waals surface area (Å²) in [6.45, 7) is 1.34. The van der Waals surface area contributed by atoms with Gasteiger partial charge in [0.25, 0.3) is 6.40 Å². The normalized spacial score (nSPS) is 18.6. The number of rotatable bonds is 3. The number of halogens is 2. The molecule has 0 spiro atoms. The van der Waals surface area contributed by atoms with Crippen molar-refractivity contribution < 1.29 is 4.74 Å². The fourth-order valence-corrected chi connectivity index (χ4v) is 2.07. The quantitative estimate of drug-likeness (QED) is 0.832. The maximum absolute atomic E-state index is 5.94. The van der Waals surface area contributed by atoms with Gasteiger partial charge in [-0.3, -0.25) is 0 Å². The first-order valence-electron chi connectivity index (χ1n) is 4.89. The highest BCUT2D eigenvalue weighted by Crippen LogP contribution is 2.25. The third kappa shape index (κ3) is 2.80. The van der Waals surface area contributed by atoms with Crippen LogP contribution in [-0.4, -0.2) is 32.6 Å². The molecule has 3 nitrogen and oxygen atoms in total. The standard InChI is InChI=1S/C11H11Cl2N2O/c1-15(5-10-6-16-7-14-10)11-3-8(12)2-9(13)4-11/h2-4,10H,5-6H2,1H3. The largest absolute Gasteiger partial charge is 0.472 e. The molecule has 16 heavy (non-hydrogen) atoms. The second kappa shape index (κ2) is 4.93. The molecule has 85 valence electrons. The van der Waals surface area contributed by atoms with Crippen LogP contribution >= 0.6 is 23.2 Å². The summed E-state index contributed by atoms with van der Waals surface area (Å²) < 4.78 is 4.95. The molecule has 0 bridgehead atoms. The summed E-state index contributed by atoms with van der Waals surface area (Å²) in [7, 11) is 1.97. The summed E-state index contributed by atoms with van der Waals surface area (Å²) in [5.41, 5.74) is 0.972. The van der Waals surface area contributed by atoms with Gasteiger partial charge in [0.1, 0.15) is 12.6 Å². The molecule has 1 atom stereocenters. The predicted molar refractivity (Wildman–Crippen MR) is 66.9 cm³/mol. The Bertz CT molecular complexity index is 389. The van der Waals surface area contributed by atoms with Crippen molar-refractivity contribution in [2.45, 2.75) is 6.04 Å². The van der Waals surface area contributed by atoms with Crippen molar-refractivity contribution in [3.05, 3.63) is 28.2 Å². The second-order valence-corrected chi connectivity index (χ2v) is 4.57. The molecule has 2 rings (SSSR count). The van der Waals surface area contributed by atoms with E-state index in [0.29, 0.717) is 16.7 Å². The molecule has 0 saturated carbocycles. The zero-order valence-electron chi connectivity index (χ0n) is 8.78. The zero-order chi connectivity index (χ0) is 11.5. The molecular weight excluding hydrogens is 247 g/mol. The Balaban J connectivity index is 2.07. The lowest BCUT2D eigenvalue weighted by Crippen LogP contribution is -2.28. The number of anilines is 1. The van der Waals surface area contributed by atoms with Crippen LogP contribution in [0.25, 0.3) is 0 Å². The Hall–Kier alpha value is -0.930. The molecule has 0 aromatic heterocycles. The third-order valence-electron chi connectivity index (χ3n) is 2.35. The van der Waals surface area contributed by atoms with Gasteiger partial charge in [-0.1, -0.05) is 23.2 Å². The van der Waals surface area contributed by atoms with Gasteiger partial charge in [-0.25, -0.2) is 4.99 Å². The number of likely N-dealkylation sites (N-methyl/N-ethyl adjacent to an activating group) is 1. The summed E-state index contributed by atoms with van der Waals surface area (Å²) >= 11 is 11.9. The predicted octanol–water partition coefficient (Wildman–Crippen LogP) is 2.73. The molecule has 0 aliphatic carbocycles. The van der Waals surface area contributed by atoms with Crippen molar-refractivity contribution in [1.29, 1.82) is 0 Å². The van der Waals surface area contributed by atoms with Crippen LogP contribution < -0.4 is 4.90 Å². The van der Waals surface area contributed by atoms with Crippen molar-refractivity contribution in [3.8, 4) is 0 Å². The molecule has 1 heterocycles. The van der Waals surface area contributed by atoms with Crippen molar-refractivity contribution in [2.24, 2.45) is 4.99 Å². The van der Waals surface area contributed by atoms with E-state index in [1.54, 1.807) is 6.07 Å². The van der Waals surface area contributed by atoms with Crippen molar-refractivity contribution >= 4 is 35.3 Å². The summed E-state index contributed by atoms with van der Waals surface area (Å²) in [5.74, 6) is 0. The van der Waals surface area contributed by atoms with Gasteiger partial charge in [-0.2, -0.15) is 0 Å². The lowest BCUT2D eigenvalue weighted by atomic mass is 10.2. The van der Waals surface area contributed by atoms with Gasteiger partial charge in [0.15, 0.2) is 0 Å². The minimum atomic E-state index is 0.128. The number of nitrogens with zero attached hydrogens (tertiary/aromatic N) is 2. The molecule has 1 aliphatic heterocycles. The van der Waals surface area contributed by atoms with E-state index < -0.39 is 0 Å². The molecule has 1 unspecified atom stereocenters. The molecule has 0 fully saturated rings. The molecule has 1 aromatic rings. The number of benzene rings is 1. The van der Waals surface area contributed by atoms with Crippen LogP contribution in [0.3, 0.4) is 0 Å². The average Bonchev–Trinajstić information content (AvgIpc) is 2.68. The molecule has 0 N–H and O–H groups in total. The van der Waals surface area contributed by atoms with Crippen LogP contribution in [-0.2, 0) is 4.74 Å². The molecular formula is C11H11Cl2N2O. The minimum Gasteiger partial charge on any atom is -0.472 e. The van der Waals surface area contributed by atoms with Gasteiger partial charge >= 0.3 is 0 Å². The molecule has 1 aromatic carbocycles. The summed E-state index contributed by atoms with van der Waals surface area (Å²) in [4.78, 5) is 6.11. The molecule has 1 aliphatic rings. The topological polar surface area (TPSA) is 24.8 Å². The van der Waals surface area contributed by atoms with Crippen molar-refractivity contribution in [2.75, 3.05) is 25.1 Å². The van der Waals surface area contributed by atoms with Gasteiger partial charge in [0.05, 0.1) is 0 Å². The first-order chi connectivity index (χ1) is 7.65. The van der Waals surface area contributed by atoms with E-state index in [1.807, 2.05) is 24.1 Å². The highest BCUT2D eigenvalue weighted by atomic mass is 35.5. The van der Waals surface area contributed by atoms with Crippen LogP contribution in [0, 0.1) is 0 Å². The molecule has 5 heteroatoms. The maximum atomic E-state index is 5.94. The highest BCUT2D eigenvalue weighted by molar-refractivity contribution is 6.35. The first kappa shape index (κ1) is 11.6. The lowest BCUT2D eigenvalue weighted by Gasteiger charge is -2.21. The Morgan fingerprint density at radius 3 is 2.69 bits per heavy atom. The van der Waals surface area contributed by atoms with Gasteiger partial charge in [-0.15, -0.1) is 0 Å². The Morgan fingerprint density at radius 2 is 2.12 bits per heavy atom. The van der Waals surface area contributed by atoms with E-state index in [1.165, 1.54) is 0 Å². The smallest absolute Gasteiger partial charge is 0.273 e. The van der Waals surface area contributed by atoms with E-state index in [9.17, 15) is 0 Å². The van der Waals surface area contributed by atoms with Crippen molar-refractivity contribution in [1.82, 2.24) is 0 Å². The third-order valence-corrected chi connectivity index (χ3v) is 2.78. The number of hydrogen-bond donors (Lipinski definition) is 0. The van der Waals surface area contributed by atoms with Crippen LogP contribution in [0.15, 0.2) is 23.2 Å². The number of ether oxygens (including phenoxy) is 1. The van der Waals surface area contributed by atoms with Crippen LogP contribution in [0.2, 0.25) is 10.0 Å². The zero-order valence-corrected chi connectivity index (χ0v) is 10.3. The second-order valence-electron chi connectivity index (χ2n) is 3.69. The SMILES string of the molecule is CN(CC1CO[C]=N1)c1cc(Cl)cc(Cl)c1. The Labute approximate surface area is 105 Å². The molecule has 0 saturated heterocycles. The Kier molecular flexibility index (Phi) is 3.56. The highest BCUT2D eigenvalue weighted by Gasteiger charge is 2.15. The fraction of sp³-hybridized carbons (Fsp3) is 0.364. The summed E-state index contributed by atoms with van der Waals surface area (Å²) in [5, 5.41) is 1.26. The van der Waals surface area contributed by atoms with Gasteiger partial charge in [0.2, 0.25) is 0 Å². The van der Waals surface area contributed by atoms with Crippen LogP contribution in [0.1, 0.15) is 0 Å².